The molecule has 0 aromatic rings. The fourth-order valence-electron chi connectivity index (χ4n) is 0.731. The second-order valence-electron chi connectivity index (χ2n) is 2.54. The highest BCUT2D eigenvalue weighted by molar-refractivity contribution is 5.49. The summed E-state index contributed by atoms with van der Waals surface area (Å²) in [6, 6.07) is 0. The van der Waals surface area contributed by atoms with E-state index in [-0.39, 0.29) is 12.8 Å². The van der Waals surface area contributed by atoms with Crippen molar-refractivity contribution in [1.82, 2.24) is 0 Å². The van der Waals surface area contributed by atoms with E-state index in [0.717, 1.165) is 0 Å². The van der Waals surface area contributed by atoms with Gasteiger partial charge in [0.2, 0.25) is 0 Å². The lowest BCUT2D eigenvalue weighted by Crippen LogP contribution is -2.35. The Morgan fingerprint density at radius 3 is 2.27 bits per heavy atom. The Labute approximate surface area is 65.5 Å². The highest BCUT2D eigenvalue weighted by atomic mass is 16.4. The van der Waals surface area contributed by atoms with Gasteiger partial charge in [-0.15, -0.1) is 0 Å². The lowest BCUT2D eigenvalue weighted by Gasteiger charge is -2.18. The molecular formula is C7H14O4. The normalized spacial score (nSPS) is 18.9. The monoisotopic (exact) mass is 162 g/mol. The van der Waals surface area contributed by atoms with Crippen molar-refractivity contribution in [3.63, 3.8) is 0 Å². The van der Waals surface area contributed by atoms with Crippen LogP contribution in [0.1, 0.15) is 19.8 Å². The number of hydrogen-bond acceptors (Lipinski definition) is 4. The standard InChI is InChI=1S/C7H14O4/c1-5(9)7(11)6(10)3-2-4-8/h4-7,9-11H,2-3H2,1H3. The third-order valence-electron chi connectivity index (χ3n) is 1.47. The molecule has 0 amide bonds. The van der Waals surface area contributed by atoms with E-state index in [1.165, 1.54) is 6.92 Å². The van der Waals surface area contributed by atoms with E-state index in [9.17, 15) is 4.79 Å². The second-order valence-corrected chi connectivity index (χ2v) is 2.54. The smallest absolute Gasteiger partial charge is 0.120 e. The number of aliphatic hydroxyl groups is 3. The van der Waals surface area contributed by atoms with Crippen LogP contribution in [0.2, 0.25) is 0 Å². The lowest BCUT2D eigenvalue weighted by atomic mass is 10.1. The maximum absolute atomic E-state index is 9.85. The number of aliphatic hydroxyl groups excluding tert-OH is 3. The predicted molar refractivity (Wildman–Crippen MR) is 39.0 cm³/mol. The van der Waals surface area contributed by atoms with Crippen LogP contribution in [0.15, 0.2) is 0 Å². The fourth-order valence-corrected chi connectivity index (χ4v) is 0.731. The van der Waals surface area contributed by atoms with Crippen molar-refractivity contribution in [2.75, 3.05) is 0 Å². The van der Waals surface area contributed by atoms with Crippen LogP contribution >= 0.6 is 0 Å². The maximum atomic E-state index is 9.85. The van der Waals surface area contributed by atoms with E-state index in [4.69, 9.17) is 15.3 Å². The van der Waals surface area contributed by atoms with Gasteiger partial charge in [-0.25, -0.2) is 0 Å². The van der Waals surface area contributed by atoms with Gasteiger partial charge in [-0.2, -0.15) is 0 Å². The summed E-state index contributed by atoms with van der Waals surface area (Å²) in [6.07, 6.45) is -2.08. The van der Waals surface area contributed by atoms with Crippen molar-refractivity contribution < 1.29 is 20.1 Å². The van der Waals surface area contributed by atoms with Crippen molar-refractivity contribution in [3.05, 3.63) is 0 Å². The summed E-state index contributed by atoms with van der Waals surface area (Å²) in [6.45, 7) is 1.38. The summed E-state index contributed by atoms with van der Waals surface area (Å²) in [5.41, 5.74) is 0. The van der Waals surface area contributed by atoms with Gasteiger partial charge >= 0.3 is 0 Å². The van der Waals surface area contributed by atoms with Gasteiger partial charge in [0.1, 0.15) is 12.4 Å². The van der Waals surface area contributed by atoms with Crippen LogP contribution in [0.3, 0.4) is 0 Å². The average molecular weight is 162 g/mol. The van der Waals surface area contributed by atoms with Crippen molar-refractivity contribution in [1.29, 1.82) is 0 Å². The molecule has 3 atom stereocenters. The van der Waals surface area contributed by atoms with Crippen LogP contribution < -0.4 is 0 Å². The zero-order valence-corrected chi connectivity index (χ0v) is 6.47. The lowest BCUT2D eigenvalue weighted by molar-refractivity contribution is -0.109. The van der Waals surface area contributed by atoms with Crippen LogP contribution in [-0.4, -0.2) is 39.9 Å². The van der Waals surface area contributed by atoms with Crippen LogP contribution in [0.25, 0.3) is 0 Å². The molecule has 11 heavy (non-hydrogen) atoms. The minimum atomic E-state index is -1.16. The summed E-state index contributed by atoms with van der Waals surface area (Å²) in [5, 5.41) is 26.8. The molecule has 0 rings (SSSR count). The number of carbonyl (C=O) groups is 1. The molecule has 0 aliphatic heterocycles. The van der Waals surface area contributed by atoms with Crippen molar-refractivity contribution in [3.8, 4) is 0 Å². The molecule has 0 saturated carbocycles. The molecule has 0 aromatic carbocycles. The molecule has 0 radical (unpaired) electrons. The molecule has 0 heterocycles. The van der Waals surface area contributed by atoms with Crippen molar-refractivity contribution in [2.24, 2.45) is 0 Å². The van der Waals surface area contributed by atoms with Crippen LogP contribution in [0.4, 0.5) is 0 Å². The van der Waals surface area contributed by atoms with Gasteiger partial charge in [0.15, 0.2) is 0 Å². The molecule has 0 bridgehead atoms. The fraction of sp³-hybridized carbons (Fsp3) is 0.857. The first kappa shape index (κ1) is 10.6. The van der Waals surface area contributed by atoms with Crippen molar-refractivity contribution in [2.45, 2.75) is 38.1 Å². The van der Waals surface area contributed by atoms with Gasteiger partial charge in [0.05, 0.1) is 12.2 Å². The number of carbonyl (C=O) groups excluding carboxylic acids is 1. The molecule has 0 aromatic heterocycles. The molecule has 0 spiro atoms. The third kappa shape index (κ3) is 4.08. The van der Waals surface area contributed by atoms with Gasteiger partial charge < -0.3 is 20.1 Å². The topological polar surface area (TPSA) is 77.8 Å². The molecule has 3 N–H and O–H groups in total. The Hall–Kier alpha value is -0.450. The number of hydrogen-bond donors (Lipinski definition) is 3. The highest BCUT2D eigenvalue weighted by Crippen LogP contribution is 2.04. The molecule has 0 aliphatic rings. The van der Waals surface area contributed by atoms with E-state index >= 15 is 0 Å². The van der Waals surface area contributed by atoms with E-state index < -0.39 is 18.3 Å². The summed E-state index contributed by atoms with van der Waals surface area (Å²) in [5.74, 6) is 0. The second kappa shape index (κ2) is 5.23. The van der Waals surface area contributed by atoms with E-state index in [1.807, 2.05) is 0 Å². The summed E-state index contributed by atoms with van der Waals surface area (Å²) in [4.78, 5) is 9.85. The van der Waals surface area contributed by atoms with Crippen molar-refractivity contribution >= 4 is 6.29 Å². The Morgan fingerprint density at radius 1 is 1.36 bits per heavy atom. The molecule has 0 fully saturated rings. The highest BCUT2D eigenvalue weighted by Gasteiger charge is 2.20. The SMILES string of the molecule is CC(O)C(O)C(O)CCC=O. The Balaban J connectivity index is 3.63. The molecule has 0 aliphatic carbocycles. The molecule has 66 valence electrons. The zero-order chi connectivity index (χ0) is 8.85. The Bertz CT molecular complexity index is 113. The van der Waals surface area contributed by atoms with E-state index in [0.29, 0.717) is 6.29 Å². The van der Waals surface area contributed by atoms with Crippen LogP contribution in [0.5, 0.6) is 0 Å². The minimum Gasteiger partial charge on any atom is -0.391 e. The largest absolute Gasteiger partial charge is 0.391 e. The van der Waals surface area contributed by atoms with Crippen LogP contribution in [-0.2, 0) is 4.79 Å². The number of aldehydes is 1. The molecular weight excluding hydrogens is 148 g/mol. The van der Waals surface area contributed by atoms with Gasteiger partial charge in [0.25, 0.3) is 0 Å². The molecule has 0 saturated heterocycles. The summed E-state index contributed by atoms with van der Waals surface area (Å²) >= 11 is 0. The van der Waals surface area contributed by atoms with Gasteiger partial charge in [-0.1, -0.05) is 0 Å². The molecule has 4 heteroatoms. The third-order valence-corrected chi connectivity index (χ3v) is 1.47. The zero-order valence-electron chi connectivity index (χ0n) is 6.47. The Morgan fingerprint density at radius 2 is 1.91 bits per heavy atom. The van der Waals surface area contributed by atoms with Gasteiger partial charge in [0, 0.05) is 6.42 Å². The van der Waals surface area contributed by atoms with Gasteiger partial charge in [-0.3, -0.25) is 0 Å². The summed E-state index contributed by atoms with van der Waals surface area (Å²) in [7, 11) is 0. The van der Waals surface area contributed by atoms with E-state index in [2.05, 4.69) is 0 Å². The summed E-state index contributed by atoms with van der Waals surface area (Å²) < 4.78 is 0. The maximum Gasteiger partial charge on any atom is 0.120 e. The first-order valence-corrected chi connectivity index (χ1v) is 3.57. The quantitative estimate of drug-likeness (QED) is 0.456. The van der Waals surface area contributed by atoms with E-state index in [1.54, 1.807) is 0 Å². The predicted octanol–water partition coefficient (Wildman–Crippen LogP) is -0.932. The first-order valence-electron chi connectivity index (χ1n) is 3.57. The van der Waals surface area contributed by atoms with Gasteiger partial charge in [-0.05, 0) is 13.3 Å². The van der Waals surface area contributed by atoms with Crippen LogP contribution in [0, 0.1) is 0 Å². The Kier molecular flexibility index (Phi) is 5.02. The minimum absolute atomic E-state index is 0.190. The average Bonchev–Trinajstić information content (AvgIpc) is 1.98. The number of rotatable bonds is 5. The molecule has 3 unspecified atom stereocenters. The first-order chi connectivity index (χ1) is 5.09. The molecule has 4 nitrogen and oxygen atoms in total.